The van der Waals surface area contributed by atoms with Gasteiger partial charge in [-0.2, -0.15) is 0 Å². The molecule has 0 spiro atoms. The molecule has 6 nitrogen and oxygen atoms in total. The molecule has 2 aromatic heterocycles. The lowest BCUT2D eigenvalue weighted by atomic mass is 9.30. The van der Waals surface area contributed by atoms with Gasteiger partial charge in [0.15, 0.2) is 0 Å². The van der Waals surface area contributed by atoms with Crippen molar-refractivity contribution in [1.29, 1.82) is 0 Å². The maximum Gasteiger partial charge on any atom is 0.256 e. The van der Waals surface area contributed by atoms with Crippen LogP contribution in [0.25, 0.3) is 55.0 Å². The highest BCUT2D eigenvalue weighted by Gasteiger charge is 2.48. The van der Waals surface area contributed by atoms with E-state index in [4.69, 9.17) is 4.74 Å². The Morgan fingerprint density at radius 2 is 0.756 bits per heavy atom. The van der Waals surface area contributed by atoms with Gasteiger partial charge in [0.1, 0.15) is 23.1 Å². The monoisotopic (exact) mass is 1110 g/mol. The van der Waals surface area contributed by atoms with Crippen LogP contribution in [0.4, 0.5) is 60.0 Å². The van der Waals surface area contributed by atoms with E-state index in [1.807, 2.05) is 24.3 Å². The fourth-order valence-electron chi connectivity index (χ4n) is 15.4. The van der Waals surface area contributed by atoms with Gasteiger partial charge in [0.25, 0.3) is 13.4 Å². The smallest absolute Gasteiger partial charge is 0.256 e. The first-order chi connectivity index (χ1) is 42.2. The molecule has 0 radical (unpaired) electrons. The first-order valence-corrected chi connectivity index (χ1v) is 29.5. The number of hydrogen-bond donors (Lipinski definition) is 0. The molecular formula is C76H51B2F2N5O. The first-order valence-electron chi connectivity index (χ1n) is 29.5. The molecular weight excluding hydrogens is 1060 g/mol. The highest BCUT2D eigenvalue weighted by Crippen LogP contribution is 2.50. The summed E-state index contributed by atoms with van der Waals surface area (Å²) >= 11 is 0. The minimum atomic E-state index is -0.325. The van der Waals surface area contributed by atoms with E-state index in [-0.39, 0.29) is 25.1 Å². The number of para-hydroxylation sites is 7. The number of hydrogen-bond acceptors (Lipinski definition) is 4. The summed E-state index contributed by atoms with van der Waals surface area (Å²) in [7, 11) is 0. The van der Waals surface area contributed by atoms with Crippen molar-refractivity contribution in [2.45, 2.75) is 27.7 Å². The first kappa shape index (κ1) is 48.9. The van der Waals surface area contributed by atoms with E-state index < -0.39 is 0 Å². The van der Waals surface area contributed by atoms with Crippen LogP contribution in [-0.4, -0.2) is 22.6 Å². The Balaban J connectivity index is 0.948. The molecule has 0 fully saturated rings. The number of rotatable bonds is 5. The van der Waals surface area contributed by atoms with Crippen molar-refractivity contribution in [1.82, 2.24) is 9.13 Å². The van der Waals surface area contributed by atoms with Gasteiger partial charge in [-0.15, -0.1) is 0 Å². The van der Waals surface area contributed by atoms with Gasteiger partial charge in [-0.3, -0.25) is 0 Å². The fourth-order valence-corrected chi connectivity index (χ4v) is 15.4. The molecule has 0 bridgehead atoms. The quantitative estimate of drug-likeness (QED) is 0.161. The summed E-state index contributed by atoms with van der Waals surface area (Å²) in [4.78, 5) is 6.67. The molecule has 4 aliphatic heterocycles. The third kappa shape index (κ3) is 6.61. The lowest BCUT2D eigenvalue weighted by Gasteiger charge is -2.45. The summed E-state index contributed by atoms with van der Waals surface area (Å²) < 4.78 is 46.3. The van der Waals surface area contributed by atoms with Gasteiger partial charge in [0, 0.05) is 73.5 Å². The number of aryl methyl sites for hydroxylation is 4. The number of aromatic nitrogens is 2. The molecule has 0 unspecified atom stereocenters. The number of ether oxygens (including phenoxy) is 1. The van der Waals surface area contributed by atoms with Crippen LogP contribution < -0.4 is 52.2 Å². The van der Waals surface area contributed by atoms with Crippen LogP contribution in [0.15, 0.2) is 237 Å². The predicted octanol–water partition coefficient (Wildman–Crippen LogP) is 15.9. The van der Waals surface area contributed by atoms with Gasteiger partial charge in [0.2, 0.25) is 0 Å². The Morgan fingerprint density at radius 3 is 1.31 bits per heavy atom. The average molecular weight is 1110 g/mol. The molecule has 86 heavy (non-hydrogen) atoms. The van der Waals surface area contributed by atoms with E-state index in [1.54, 1.807) is 24.3 Å². The van der Waals surface area contributed by atoms with Crippen molar-refractivity contribution >= 4 is 141 Å². The van der Waals surface area contributed by atoms with Crippen molar-refractivity contribution in [2.75, 3.05) is 14.7 Å². The normalized spacial score (nSPS) is 13.4. The van der Waals surface area contributed by atoms with Crippen LogP contribution in [0.3, 0.4) is 0 Å². The summed E-state index contributed by atoms with van der Waals surface area (Å²) in [6, 6.07) is 81.9. The second kappa shape index (κ2) is 18.0. The summed E-state index contributed by atoms with van der Waals surface area (Å²) in [6.45, 7) is 8.13. The second-order valence-electron chi connectivity index (χ2n) is 23.6. The molecule has 4 aliphatic rings. The van der Waals surface area contributed by atoms with E-state index in [0.717, 1.165) is 123 Å². The highest BCUT2D eigenvalue weighted by molar-refractivity contribution is 7.02. The minimum absolute atomic E-state index is 0.311. The molecule has 0 amide bonds. The molecule has 0 aliphatic carbocycles. The van der Waals surface area contributed by atoms with Crippen LogP contribution >= 0.6 is 0 Å². The number of nitrogens with zero attached hydrogens (tertiary/aromatic N) is 5. The van der Waals surface area contributed by atoms with Crippen LogP contribution in [0.2, 0.25) is 0 Å². The van der Waals surface area contributed by atoms with Crippen molar-refractivity contribution in [3.05, 3.63) is 270 Å². The number of halogens is 2. The van der Waals surface area contributed by atoms with Gasteiger partial charge in [-0.25, -0.2) is 8.78 Å². The lowest BCUT2D eigenvalue weighted by Crippen LogP contribution is -2.64. The number of fused-ring (bicyclic) bond motifs is 14. The van der Waals surface area contributed by atoms with Crippen molar-refractivity contribution in [3.8, 4) is 22.9 Å². The maximum atomic E-state index is 17.0. The van der Waals surface area contributed by atoms with E-state index in [1.165, 1.54) is 32.7 Å². The topological polar surface area (TPSA) is 28.8 Å². The molecule has 406 valence electrons. The highest BCUT2D eigenvalue weighted by atomic mass is 19.1. The zero-order valence-corrected chi connectivity index (χ0v) is 47.6. The molecule has 14 aromatic rings. The van der Waals surface area contributed by atoms with Crippen LogP contribution in [0.1, 0.15) is 22.3 Å². The third-order valence-corrected chi connectivity index (χ3v) is 18.9. The lowest BCUT2D eigenvalue weighted by molar-refractivity contribution is 0.487. The number of anilines is 9. The standard InChI is InChI=1S/C76H51B2F2N5O/c1-44-34-36-46(3)75-71(44)51-22-8-14-28-59(51)82(75)49-38-66-73-67(39-49)84(63-32-18-12-26-57(63)79)61-30-16-10-24-53(61)77(73)55-42-56-69(43-65(55)81(66)48-20-6-5-7-21-48)86-70-41-50(83-60-29-15-9-23-52(60)72-45(2)35-37-47(4)76(72)83)40-68-74(70)78(56)54-25-11-17-31-62(54)85(68)64-33-19-13-27-58(64)80/h5-43H,1-4H3. The molecule has 10 heteroatoms. The molecule has 6 heterocycles. The Hall–Kier alpha value is -10.6. The van der Waals surface area contributed by atoms with E-state index >= 15 is 8.78 Å². The molecule has 0 saturated heterocycles. The van der Waals surface area contributed by atoms with Crippen molar-refractivity contribution in [3.63, 3.8) is 0 Å². The minimum Gasteiger partial charge on any atom is -0.458 e. The summed E-state index contributed by atoms with van der Waals surface area (Å²) in [6.07, 6.45) is 0. The zero-order valence-electron chi connectivity index (χ0n) is 47.6. The van der Waals surface area contributed by atoms with Gasteiger partial charge < -0.3 is 28.6 Å². The Labute approximate surface area is 496 Å². The van der Waals surface area contributed by atoms with Gasteiger partial charge in [0.05, 0.1) is 44.8 Å². The summed E-state index contributed by atoms with van der Waals surface area (Å²) in [5.41, 5.74) is 24.6. The SMILES string of the molecule is Cc1ccc(C)c2c1c1ccccc1n2-c1cc2c3c(c1)N(c1ccccc1F)c1ccccc1B3c1cc3c(cc1O2)N(c1ccccc1)c1cc(-n2c4ccccc4c4c(C)ccc(C)c42)cc2c1B3c1ccccc1N2c1ccccc1F. The molecule has 0 atom stereocenters. The van der Waals surface area contributed by atoms with E-state index in [2.05, 4.69) is 240 Å². The number of benzene rings is 12. The Morgan fingerprint density at radius 1 is 0.314 bits per heavy atom. The second-order valence-corrected chi connectivity index (χ2v) is 23.6. The molecule has 18 rings (SSSR count). The van der Waals surface area contributed by atoms with Crippen LogP contribution in [0.5, 0.6) is 11.5 Å². The molecule has 0 N–H and O–H groups in total. The van der Waals surface area contributed by atoms with Crippen LogP contribution in [-0.2, 0) is 0 Å². The van der Waals surface area contributed by atoms with E-state index in [9.17, 15) is 0 Å². The predicted molar refractivity (Wildman–Crippen MR) is 354 cm³/mol. The van der Waals surface area contributed by atoms with E-state index in [0.29, 0.717) is 17.1 Å². The average Bonchev–Trinajstić information content (AvgIpc) is 0.779. The Bertz CT molecular complexity index is 5300. The van der Waals surface area contributed by atoms with Crippen molar-refractivity contribution < 1.29 is 13.5 Å². The summed E-state index contributed by atoms with van der Waals surface area (Å²) in [5.74, 6) is 0.803. The maximum absolute atomic E-state index is 17.0. The zero-order chi connectivity index (χ0) is 57.4. The fraction of sp³-hybridized carbons (Fsp3) is 0.0526. The molecule has 12 aromatic carbocycles. The third-order valence-electron chi connectivity index (χ3n) is 18.9. The molecule has 0 saturated carbocycles. The van der Waals surface area contributed by atoms with Crippen molar-refractivity contribution in [2.24, 2.45) is 0 Å². The summed E-state index contributed by atoms with van der Waals surface area (Å²) in [5, 5.41) is 4.76. The van der Waals surface area contributed by atoms with Gasteiger partial charge in [-0.1, -0.05) is 146 Å². The van der Waals surface area contributed by atoms with Gasteiger partial charge >= 0.3 is 0 Å². The Kier molecular flexibility index (Phi) is 10.2. The van der Waals surface area contributed by atoms with Crippen LogP contribution in [0, 0.1) is 39.3 Å². The largest absolute Gasteiger partial charge is 0.458 e. The van der Waals surface area contributed by atoms with Gasteiger partial charge in [-0.05, 0) is 162 Å².